The van der Waals surface area contributed by atoms with Gasteiger partial charge < -0.3 is 10.2 Å². The molecule has 2 bridgehead atoms. The van der Waals surface area contributed by atoms with Gasteiger partial charge in [0.15, 0.2) is 0 Å². The van der Waals surface area contributed by atoms with Crippen molar-refractivity contribution in [2.75, 3.05) is 5.32 Å². The molecule has 9 heteroatoms. The predicted octanol–water partition coefficient (Wildman–Crippen LogP) is 3.15. The molecule has 2 aliphatic heterocycles. The summed E-state index contributed by atoms with van der Waals surface area (Å²) in [5.74, 6) is -4.56. The second-order valence-corrected chi connectivity index (χ2v) is 8.10. The Kier molecular flexibility index (Phi) is 4.15. The first-order valence-electron chi connectivity index (χ1n) is 9.92. The molecule has 1 amide bonds. The Balaban J connectivity index is 1.37. The van der Waals surface area contributed by atoms with Gasteiger partial charge in [-0.2, -0.15) is 13.9 Å². The van der Waals surface area contributed by atoms with Crippen molar-refractivity contribution in [2.24, 2.45) is 13.0 Å². The molecule has 0 radical (unpaired) electrons. The fourth-order valence-corrected chi connectivity index (χ4v) is 4.34. The maximum atomic E-state index is 14.4. The monoisotopic (exact) mass is 400 g/mol. The van der Waals surface area contributed by atoms with Gasteiger partial charge in [-0.15, -0.1) is 0 Å². The number of carbonyl (C=O) groups is 1. The lowest BCUT2D eigenvalue weighted by Crippen LogP contribution is -2.51. The van der Waals surface area contributed by atoms with Crippen molar-refractivity contribution in [2.45, 2.75) is 50.1 Å². The summed E-state index contributed by atoms with van der Waals surface area (Å²) in [5, 5.41) is 7.22. The van der Waals surface area contributed by atoms with E-state index in [0.29, 0.717) is 31.6 Å². The van der Waals surface area contributed by atoms with Crippen molar-refractivity contribution in [1.29, 1.82) is 0 Å². The summed E-state index contributed by atoms with van der Waals surface area (Å²) < 4.78 is 30.5. The number of hydrogen-bond acceptors (Lipinski definition) is 5. The van der Waals surface area contributed by atoms with E-state index < -0.39 is 17.7 Å². The number of aryl methyl sites for hydroxylation is 1. The van der Waals surface area contributed by atoms with Gasteiger partial charge in [0.25, 0.3) is 5.91 Å². The van der Waals surface area contributed by atoms with Crippen LogP contribution in [0.2, 0.25) is 0 Å². The summed E-state index contributed by atoms with van der Waals surface area (Å²) >= 11 is 0. The van der Waals surface area contributed by atoms with Gasteiger partial charge in [0.05, 0.1) is 23.6 Å². The Hall–Kier alpha value is -2.84. The van der Waals surface area contributed by atoms with Crippen molar-refractivity contribution in [3.05, 3.63) is 36.4 Å². The number of hydrogen-bond donors (Lipinski definition) is 1. The quantitative estimate of drug-likeness (QED) is 0.835. The van der Waals surface area contributed by atoms with Crippen LogP contribution >= 0.6 is 0 Å². The number of aromatic nitrogens is 4. The lowest BCUT2D eigenvalue weighted by atomic mass is 9.97. The number of rotatable bonds is 5. The third-order valence-corrected chi connectivity index (χ3v) is 5.95. The minimum atomic E-state index is -3.23. The standard InChI is InChI=1S/C20H22F2N6O/c1-27-11-14(10-24-27)25-19-23-7-6-17(26-19)12-8-15-4-5-16(9-12)28(15)18(29)20(21,22)13-2-3-13/h6-8,10-11,13,15-16H,2-5,9H2,1H3,(H,23,25,26). The first-order chi connectivity index (χ1) is 13.9. The molecule has 1 saturated heterocycles. The third kappa shape index (κ3) is 3.28. The third-order valence-electron chi connectivity index (χ3n) is 5.95. The lowest BCUT2D eigenvalue weighted by Gasteiger charge is -2.36. The number of nitrogens with zero attached hydrogens (tertiary/aromatic N) is 5. The average Bonchev–Trinajstić information content (AvgIpc) is 3.44. The second-order valence-electron chi connectivity index (χ2n) is 8.10. The van der Waals surface area contributed by atoms with E-state index >= 15 is 0 Å². The molecule has 2 atom stereocenters. The first kappa shape index (κ1) is 18.2. The SMILES string of the molecule is Cn1cc(Nc2nccc(C3=CC4CCC(C3)N4C(=O)C(F)(F)C3CC3)n2)cn1. The first-order valence-corrected chi connectivity index (χ1v) is 9.92. The molecule has 2 aromatic rings. The fourth-order valence-electron chi connectivity index (χ4n) is 4.34. The van der Waals surface area contributed by atoms with E-state index in [1.54, 1.807) is 17.1 Å². The molecule has 0 aromatic carbocycles. The summed E-state index contributed by atoms with van der Waals surface area (Å²) in [5.41, 5.74) is 2.51. The number of amides is 1. The molecule has 2 unspecified atom stereocenters. The zero-order chi connectivity index (χ0) is 20.2. The molecule has 29 heavy (non-hydrogen) atoms. The largest absolute Gasteiger partial charge is 0.328 e. The van der Waals surface area contributed by atoms with Crippen LogP contribution in [0, 0.1) is 5.92 Å². The molecule has 4 heterocycles. The maximum Gasteiger partial charge on any atom is 0.327 e. The van der Waals surface area contributed by atoms with Crippen LogP contribution in [-0.2, 0) is 11.8 Å². The van der Waals surface area contributed by atoms with Crippen LogP contribution in [0.1, 0.15) is 37.8 Å². The van der Waals surface area contributed by atoms with E-state index in [1.165, 1.54) is 4.90 Å². The summed E-state index contributed by atoms with van der Waals surface area (Å²) in [4.78, 5) is 22.8. The van der Waals surface area contributed by atoms with Crippen LogP contribution in [-0.4, -0.2) is 48.6 Å². The highest BCUT2D eigenvalue weighted by Crippen LogP contribution is 2.47. The zero-order valence-corrected chi connectivity index (χ0v) is 16.1. The maximum absolute atomic E-state index is 14.4. The number of anilines is 2. The zero-order valence-electron chi connectivity index (χ0n) is 16.1. The van der Waals surface area contributed by atoms with E-state index in [2.05, 4.69) is 20.4 Å². The Morgan fingerprint density at radius 1 is 1.28 bits per heavy atom. The van der Waals surface area contributed by atoms with Crippen molar-refractivity contribution >= 4 is 23.1 Å². The van der Waals surface area contributed by atoms with Gasteiger partial charge in [-0.05, 0) is 43.7 Å². The van der Waals surface area contributed by atoms with E-state index in [1.807, 2.05) is 25.4 Å². The van der Waals surface area contributed by atoms with E-state index in [-0.39, 0.29) is 12.1 Å². The van der Waals surface area contributed by atoms with Crippen molar-refractivity contribution in [1.82, 2.24) is 24.6 Å². The summed E-state index contributed by atoms with van der Waals surface area (Å²) in [7, 11) is 1.82. The Bertz CT molecular complexity index is 983. The Labute approximate surface area is 166 Å². The van der Waals surface area contributed by atoms with Gasteiger partial charge >= 0.3 is 5.92 Å². The predicted molar refractivity (Wildman–Crippen MR) is 102 cm³/mol. The van der Waals surface area contributed by atoms with Crippen LogP contribution in [0.5, 0.6) is 0 Å². The van der Waals surface area contributed by atoms with Crippen molar-refractivity contribution in [3.63, 3.8) is 0 Å². The summed E-state index contributed by atoms with van der Waals surface area (Å²) in [6.07, 6.45) is 9.97. The van der Waals surface area contributed by atoms with E-state index in [4.69, 9.17) is 0 Å². The second kappa shape index (κ2) is 6.60. The van der Waals surface area contributed by atoms with E-state index in [0.717, 1.165) is 23.4 Å². The van der Waals surface area contributed by atoms with Gasteiger partial charge in [0, 0.05) is 31.4 Å². The molecule has 1 saturated carbocycles. The number of nitrogens with one attached hydrogen (secondary N) is 1. The molecule has 5 rings (SSSR count). The molecule has 1 N–H and O–H groups in total. The molecular formula is C20H22F2N6O. The molecular weight excluding hydrogens is 378 g/mol. The minimum Gasteiger partial charge on any atom is -0.328 e. The molecule has 2 aromatic heterocycles. The van der Waals surface area contributed by atoms with Crippen LogP contribution in [0.4, 0.5) is 20.4 Å². The van der Waals surface area contributed by atoms with Crippen molar-refractivity contribution < 1.29 is 13.6 Å². The van der Waals surface area contributed by atoms with Gasteiger partial charge in [-0.3, -0.25) is 9.48 Å². The van der Waals surface area contributed by atoms with Gasteiger partial charge in [0.2, 0.25) is 5.95 Å². The summed E-state index contributed by atoms with van der Waals surface area (Å²) in [6, 6.07) is 1.34. The number of halogens is 2. The Morgan fingerprint density at radius 3 is 2.79 bits per heavy atom. The van der Waals surface area contributed by atoms with Gasteiger partial charge in [0.1, 0.15) is 0 Å². The van der Waals surface area contributed by atoms with Gasteiger partial charge in [-0.25, -0.2) is 9.97 Å². The van der Waals surface area contributed by atoms with Crippen LogP contribution in [0.3, 0.4) is 0 Å². The molecule has 152 valence electrons. The Morgan fingerprint density at radius 2 is 2.10 bits per heavy atom. The minimum absolute atomic E-state index is 0.193. The fraction of sp³-hybridized carbons (Fsp3) is 0.500. The topological polar surface area (TPSA) is 75.9 Å². The van der Waals surface area contributed by atoms with Gasteiger partial charge in [-0.1, -0.05) is 6.08 Å². The molecule has 0 spiro atoms. The smallest absolute Gasteiger partial charge is 0.327 e. The van der Waals surface area contributed by atoms with Crippen LogP contribution < -0.4 is 5.32 Å². The number of alkyl halides is 2. The number of carbonyl (C=O) groups excluding carboxylic acids is 1. The molecule has 3 aliphatic rings. The number of fused-ring (bicyclic) bond motifs is 2. The van der Waals surface area contributed by atoms with Crippen LogP contribution in [0.15, 0.2) is 30.7 Å². The molecule has 1 aliphatic carbocycles. The van der Waals surface area contributed by atoms with Crippen molar-refractivity contribution in [3.8, 4) is 0 Å². The summed E-state index contributed by atoms with van der Waals surface area (Å²) in [6.45, 7) is 0. The molecule has 7 nitrogen and oxygen atoms in total. The highest BCUT2D eigenvalue weighted by molar-refractivity contribution is 5.86. The average molecular weight is 400 g/mol. The van der Waals surface area contributed by atoms with Crippen LogP contribution in [0.25, 0.3) is 5.57 Å². The van der Waals surface area contributed by atoms with E-state index in [9.17, 15) is 13.6 Å². The highest BCUT2D eigenvalue weighted by atomic mass is 19.3. The normalized spacial score (nSPS) is 23.8. The molecule has 2 fully saturated rings. The highest BCUT2D eigenvalue weighted by Gasteiger charge is 2.57. The lowest BCUT2D eigenvalue weighted by molar-refractivity contribution is -0.163.